The van der Waals surface area contributed by atoms with Gasteiger partial charge in [0, 0.05) is 50.8 Å². The molecule has 1 N–H and O–H groups in total. The molecule has 112 valence electrons. The number of hydrogen-bond acceptors (Lipinski definition) is 4. The number of nitrogens with zero attached hydrogens (tertiary/aromatic N) is 3. The first-order valence-corrected chi connectivity index (χ1v) is 7.09. The van der Waals surface area contributed by atoms with Crippen molar-refractivity contribution in [1.82, 2.24) is 20.2 Å². The fourth-order valence-electron chi connectivity index (χ4n) is 2.65. The minimum Gasteiger partial charge on any atom is -0.314 e. The molecule has 1 saturated heterocycles. The highest BCUT2D eigenvalue weighted by molar-refractivity contribution is 5.85. The van der Waals surface area contributed by atoms with Crippen LogP contribution in [-0.2, 0) is 6.54 Å². The number of halogens is 1. The maximum atomic E-state index is 4.53. The molecule has 0 radical (unpaired) electrons. The van der Waals surface area contributed by atoms with Crippen molar-refractivity contribution in [3.63, 3.8) is 0 Å². The normalized spacial score (nSPS) is 19.0. The molecule has 4 nitrogen and oxygen atoms in total. The lowest BCUT2D eigenvalue weighted by molar-refractivity contribution is 0.152. The predicted molar refractivity (Wildman–Crippen MR) is 86.5 cm³/mol. The van der Waals surface area contributed by atoms with Gasteiger partial charge in [-0.25, -0.2) is 0 Å². The van der Waals surface area contributed by atoms with Crippen LogP contribution in [0.3, 0.4) is 0 Å². The first-order valence-electron chi connectivity index (χ1n) is 7.09. The molecule has 0 aromatic carbocycles. The SMILES string of the molecule is Cc1ccc(CN2CCNCC2c2ccncc2)nc1.Cl. The predicted octanol–water partition coefficient (Wildman–Crippen LogP) is 2.35. The number of aryl methyl sites for hydroxylation is 1. The highest BCUT2D eigenvalue weighted by Crippen LogP contribution is 2.23. The number of hydrogen-bond donors (Lipinski definition) is 1. The summed E-state index contributed by atoms with van der Waals surface area (Å²) in [6, 6.07) is 8.86. The molecular weight excluding hydrogens is 284 g/mol. The van der Waals surface area contributed by atoms with Gasteiger partial charge in [0.15, 0.2) is 0 Å². The summed E-state index contributed by atoms with van der Waals surface area (Å²) in [6.45, 7) is 6.03. The van der Waals surface area contributed by atoms with E-state index in [2.05, 4.69) is 51.4 Å². The monoisotopic (exact) mass is 304 g/mol. The Kier molecular flexibility index (Phi) is 5.67. The van der Waals surface area contributed by atoms with Crippen molar-refractivity contribution in [3.8, 4) is 0 Å². The molecule has 2 aromatic heterocycles. The van der Waals surface area contributed by atoms with E-state index in [1.165, 1.54) is 11.1 Å². The van der Waals surface area contributed by atoms with Gasteiger partial charge in [-0.1, -0.05) is 6.07 Å². The zero-order chi connectivity index (χ0) is 13.8. The molecule has 1 unspecified atom stereocenters. The van der Waals surface area contributed by atoms with Crippen molar-refractivity contribution in [1.29, 1.82) is 0 Å². The summed E-state index contributed by atoms with van der Waals surface area (Å²) in [6.07, 6.45) is 5.68. The van der Waals surface area contributed by atoms with Gasteiger partial charge in [-0.05, 0) is 36.2 Å². The summed E-state index contributed by atoms with van der Waals surface area (Å²) in [5, 5.41) is 3.48. The highest BCUT2D eigenvalue weighted by atomic mass is 35.5. The third-order valence-corrected chi connectivity index (χ3v) is 3.78. The molecule has 1 atom stereocenters. The lowest BCUT2D eigenvalue weighted by atomic mass is 10.0. The maximum Gasteiger partial charge on any atom is 0.0544 e. The molecule has 3 rings (SSSR count). The zero-order valence-corrected chi connectivity index (χ0v) is 13.0. The Morgan fingerprint density at radius 2 is 2.05 bits per heavy atom. The highest BCUT2D eigenvalue weighted by Gasteiger charge is 2.23. The Morgan fingerprint density at radius 1 is 1.24 bits per heavy atom. The van der Waals surface area contributed by atoms with Gasteiger partial charge >= 0.3 is 0 Å². The molecule has 2 aromatic rings. The van der Waals surface area contributed by atoms with Gasteiger partial charge in [0.25, 0.3) is 0 Å². The Hall–Kier alpha value is -1.49. The topological polar surface area (TPSA) is 41.0 Å². The second-order valence-electron chi connectivity index (χ2n) is 5.30. The molecule has 5 heteroatoms. The van der Waals surface area contributed by atoms with Crippen LogP contribution in [0.1, 0.15) is 22.9 Å². The van der Waals surface area contributed by atoms with Crippen LogP contribution < -0.4 is 5.32 Å². The molecule has 1 aliphatic rings. The molecule has 1 aliphatic heterocycles. The fraction of sp³-hybridized carbons (Fsp3) is 0.375. The molecule has 1 fully saturated rings. The van der Waals surface area contributed by atoms with Crippen molar-refractivity contribution < 1.29 is 0 Å². The summed E-state index contributed by atoms with van der Waals surface area (Å²) in [5.74, 6) is 0. The summed E-state index contributed by atoms with van der Waals surface area (Å²) in [5.41, 5.74) is 3.66. The quantitative estimate of drug-likeness (QED) is 0.945. The molecule has 0 saturated carbocycles. The van der Waals surface area contributed by atoms with Crippen LogP contribution in [0.25, 0.3) is 0 Å². The van der Waals surface area contributed by atoms with Crippen LogP contribution in [0.4, 0.5) is 0 Å². The summed E-state index contributed by atoms with van der Waals surface area (Å²) in [4.78, 5) is 11.1. The first-order chi connectivity index (χ1) is 9.83. The van der Waals surface area contributed by atoms with Gasteiger partial charge in [-0.15, -0.1) is 12.4 Å². The van der Waals surface area contributed by atoms with E-state index in [4.69, 9.17) is 0 Å². The molecule has 0 aliphatic carbocycles. The molecule has 3 heterocycles. The molecule has 0 amide bonds. The van der Waals surface area contributed by atoms with Crippen molar-refractivity contribution in [2.45, 2.75) is 19.5 Å². The van der Waals surface area contributed by atoms with Crippen molar-refractivity contribution >= 4 is 12.4 Å². The van der Waals surface area contributed by atoms with Crippen LogP contribution in [0.2, 0.25) is 0 Å². The molecular formula is C16H21ClN4. The molecule has 0 spiro atoms. The van der Waals surface area contributed by atoms with Gasteiger partial charge in [-0.2, -0.15) is 0 Å². The van der Waals surface area contributed by atoms with Crippen molar-refractivity contribution in [2.75, 3.05) is 19.6 Å². The van der Waals surface area contributed by atoms with Gasteiger partial charge < -0.3 is 5.32 Å². The van der Waals surface area contributed by atoms with Crippen LogP contribution in [-0.4, -0.2) is 34.5 Å². The fourth-order valence-corrected chi connectivity index (χ4v) is 2.65. The maximum absolute atomic E-state index is 4.53. The van der Waals surface area contributed by atoms with Gasteiger partial charge in [0.1, 0.15) is 0 Å². The van der Waals surface area contributed by atoms with E-state index in [0.29, 0.717) is 6.04 Å². The number of piperazine rings is 1. The second-order valence-corrected chi connectivity index (χ2v) is 5.30. The van der Waals surface area contributed by atoms with E-state index < -0.39 is 0 Å². The lowest BCUT2D eigenvalue weighted by Crippen LogP contribution is -2.45. The van der Waals surface area contributed by atoms with Gasteiger partial charge in [-0.3, -0.25) is 14.9 Å². The van der Waals surface area contributed by atoms with Crippen LogP contribution in [0.5, 0.6) is 0 Å². The number of nitrogens with one attached hydrogen (secondary N) is 1. The van der Waals surface area contributed by atoms with Crippen LogP contribution >= 0.6 is 12.4 Å². The third kappa shape index (κ3) is 4.00. The van der Waals surface area contributed by atoms with Gasteiger partial charge in [0.05, 0.1) is 5.69 Å². The molecule has 0 bridgehead atoms. The van der Waals surface area contributed by atoms with Crippen LogP contribution in [0.15, 0.2) is 42.9 Å². The summed E-state index contributed by atoms with van der Waals surface area (Å²) >= 11 is 0. The van der Waals surface area contributed by atoms with E-state index >= 15 is 0 Å². The minimum atomic E-state index is 0. The minimum absolute atomic E-state index is 0. The summed E-state index contributed by atoms with van der Waals surface area (Å²) < 4.78 is 0. The number of rotatable bonds is 3. The Labute approximate surface area is 132 Å². The summed E-state index contributed by atoms with van der Waals surface area (Å²) in [7, 11) is 0. The van der Waals surface area contributed by atoms with E-state index in [1.54, 1.807) is 0 Å². The van der Waals surface area contributed by atoms with E-state index in [-0.39, 0.29) is 12.4 Å². The smallest absolute Gasteiger partial charge is 0.0544 e. The average molecular weight is 305 g/mol. The van der Waals surface area contributed by atoms with Crippen LogP contribution in [0, 0.1) is 6.92 Å². The lowest BCUT2D eigenvalue weighted by Gasteiger charge is -2.36. The first kappa shape index (κ1) is 15.9. The van der Waals surface area contributed by atoms with E-state index in [9.17, 15) is 0 Å². The average Bonchev–Trinajstić information content (AvgIpc) is 2.51. The van der Waals surface area contributed by atoms with Crippen molar-refractivity contribution in [2.24, 2.45) is 0 Å². The van der Waals surface area contributed by atoms with E-state index in [1.807, 2.05) is 18.6 Å². The van der Waals surface area contributed by atoms with Crippen molar-refractivity contribution in [3.05, 3.63) is 59.7 Å². The second kappa shape index (κ2) is 7.50. The Balaban J connectivity index is 0.00000161. The van der Waals surface area contributed by atoms with Gasteiger partial charge in [0.2, 0.25) is 0 Å². The number of pyridine rings is 2. The number of aromatic nitrogens is 2. The standard InChI is InChI=1S/C16H20N4.ClH/c1-13-2-3-15(19-10-13)12-20-9-8-18-11-16(20)14-4-6-17-7-5-14;/h2-7,10,16,18H,8-9,11-12H2,1H3;1H. The third-order valence-electron chi connectivity index (χ3n) is 3.78. The van der Waals surface area contributed by atoms with E-state index in [0.717, 1.165) is 31.9 Å². The zero-order valence-electron chi connectivity index (χ0n) is 12.2. The largest absolute Gasteiger partial charge is 0.314 e. The Morgan fingerprint density at radius 3 is 2.76 bits per heavy atom. The Bertz CT molecular complexity index is 544. The molecule has 21 heavy (non-hydrogen) atoms.